The fraction of sp³-hybridized carbons (Fsp3) is 0.786. The molecule has 0 saturated heterocycles. The van der Waals surface area contributed by atoms with Gasteiger partial charge in [-0.1, -0.05) is 0 Å². The van der Waals surface area contributed by atoms with E-state index in [4.69, 9.17) is 14.2 Å². The third kappa shape index (κ3) is 5.30. The van der Waals surface area contributed by atoms with E-state index in [9.17, 15) is 4.79 Å². The minimum Gasteiger partial charge on any atom is -0.469 e. The highest BCUT2D eigenvalue weighted by Gasteiger charge is 2.36. The molecule has 0 spiro atoms. The van der Waals surface area contributed by atoms with Crippen molar-refractivity contribution >= 4 is 5.97 Å². The van der Waals surface area contributed by atoms with Crippen LogP contribution in [-0.4, -0.2) is 38.4 Å². The maximum Gasteiger partial charge on any atom is 0.305 e. The first-order valence-corrected chi connectivity index (χ1v) is 6.85. The average Bonchev–Trinajstić information content (AvgIpc) is 2.79. The summed E-state index contributed by atoms with van der Waals surface area (Å²) in [5, 5.41) is 0. The first-order chi connectivity index (χ1) is 9.15. The highest BCUT2D eigenvalue weighted by atomic mass is 16.8. The summed E-state index contributed by atoms with van der Waals surface area (Å²) >= 11 is 0. The summed E-state index contributed by atoms with van der Waals surface area (Å²) in [7, 11) is 1.40. The summed E-state index contributed by atoms with van der Waals surface area (Å²) in [6, 6.07) is 0. The first kappa shape index (κ1) is 16.1. The molecule has 1 aliphatic rings. The molecular weight excluding hydrogens is 248 g/mol. The van der Waals surface area contributed by atoms with E-state index >= 15 is 0 Å². The highest BCUT2D eigenvalue weighted by molar-refractivity contribution is 5.68. The topological polar surface area (TPSA) is 54.0 Å². The van der Waals surface area contributed by atoms with Gasteiger partial charge in [0.2, 0.25) is 0 Å². The Morgan fingerprint density at radius 1 is 1.32 bits per heavy atom. The Morgan fingerprint density at radius 2 is 2.11 bits per heavy atom. The lowest BCUT2D eigenvalue weighted by Gasteiger charge is -2.28. The summed E-state index contributed by atoms with van der Waals surface area (Å²) in [6.45, 7) is 5.02. The fourth-order valence-corrected chi connectivity index (χ4v) is 2.04. The Morgan fingerprint density at radius 3 is 2.74 bits per heavy atom. The van der Waals surface area contributed by atoms with Crippen LogP contribution in [0.25, 0.3) is 0 Å². The van der Waals surface area contributed by atoms with Crippen molar-refractivity contribution in [2.24, 2.45) is 0 Å². The number of hydrogen-bond acceptors (Lipinski definition) is 5. The first-order valence-electron chi connectivity index (χ1n) is 6.85. The zero-order valence-corrected chi connectivity index (χ0v) is 12.0. The van der Waals surface area contributed by atoms with Crippen molar-refractivity contribution in [1.82, 2.24) is 0 Å². The lowest BCUT2D eigenvalue weighted by atomic mass is 10.1. The molecule has 0 aliphatic carbocycles. The molecule has 0 aromatic heterocycles. The molecule has 5 nitrogen and oxygen atoms in total. The quantitative estimate of drug-likeness (QED) is 0.366. The number of esters is 1. The van der Waals surface area contributed by atoms with Gasteiger partial charge >= 0.3 is 5.97 Å². The van der Waals surface area contributed by atoms with E-state index in [2.05, 4.69) is 4.74 Å². The largest absolute Gasteiger partial charge is 0.469 e. The number of ether oxygens (including phenoxy) is 4. The van der Waals surface area contributed by atoms with Gasteiger partial charge in [-0.3, -0.25) is 4.79 Å². The standard InChI is InChI=1S/C14H24O5/c1-4-17-13-9-11-14(19-13,18-5-2)10-7-6-8-12(15)16-3/h9,11,13H,4-8,10H2,1-3H3. The van der Waals surface area contributed by atoms with Crippen LogP contribution in [-0.2, 0) is 23.7 Å². The molecule has 0 aromatic rings. The van der Waals surface area contributed by atoms with Gasteiger partial charge in [-0.15, -0.1) is 0 Å². The van der Waals surface area contributed by atoms with Crippen molar-refractivity contribution < 1.29 is 23.7 Å². The lowest BCUT2D eigenvalue weighted by Crippen LogP contribution is -2.33. The van der Waals surface area contributed by atoms with Crippen LogP contribution in [0.5, 0.6) is 0 Å². The highest BCUT2D eigenvalue weighted by Crippen LogP contribution is 2.31. The third-order valence-corrected chi connectivity index (χ3v) is 2.93. The van der Waals surface area contributed by atoms with Crippen LogP contribution in [0.3, 0.4) is 0 Å². The maximum absolute atomic E-state index is 11.0. The minimum absolute atomic E-state index is 0.180. The van der Waals surface area contributed by atoms with Crippen LogP contribution in [0.4, 0.5) is 0 Å². The van der Waals surface area contributed by atoms with E-state index in [-0.39, 0.29) is 12.3 Å². The van der Waals surface area contributed by atoms with Gasteiger partial charge in [-0.25, -0.2) is 0 Å². The molecule has 5 heteroatoms. The van der Waals surface area contributed by atoms with E-state index in [1.165, 1.54) is 7.11 Å². The molecule has 1 rings (SSSR count). The number of rotatable bonds is 9. The molecule has 0 aromatic carbocycles. The monoisotopic (exact) mass is 272 g/mol. The molecule has 110 valence electrons. The summed E-state index contributed by atoms with van der Waals surface area (Å²) in [4.78, 5) is 11.0. The van der Waals surface area contributed by atoms with Crippen LogP contribution in [0.2, 0.25) is 0 Å². The van der Waals surface area contributed by atoms with E-state index in [1.54, 1.807) is 0 Å². The van der Waals surface area contributed by atoms with Crippen LogP contribution >= 0.6 is 0 Å². The zero-order chi connectivity index (χ0) is 14.1. The van der Waals surface area contributed by atoms with Gasteiger partial charge in [0.05, 0.1) is 7.11 Å². The lowest BCUT2D eigenvalue weighted by molar-refractivity contribution is -0.258. The molecule has 0 fully saturated rings. The summed E-state index contributed by atoms with van der Waals surface area (Å²) in [5.74, 6) is -0.884. The number of methoxy groups -OCH3 is 1. The Bertz CT molecular complexity index is 302. The van der Waals surface area contributed by atoms with Crippen molar-refractivity contribution in [2.45, 2.75) is 51.6 Å². The van der Waals surface area contributed by atoms with Crippen molar-refractivity contribution in [3.05, 3.63) is 12.2 Å². The Kier molecular flexibility index (Phi) is 7.05. The number of hydrogen-bond donors (Lipinski definition) is 0. The zero-order valence-electron chi connectivity index (χ0n) is 12.0. The predicted molar refractivity (Wildman–Crippen MR) is 70.5 cm³/mol. The van der Waals surface area contributed by atoms with Crippen molar-refractivity contribution in [3.8, 4) is 0 Å². The molecule has 2 unspecified atom stereocenters. The van der Waals surface area contributed by atoms with Gasteiger partial charge in [0, 0.05) is 26.1 Å². The maximum atomic E-state index is 11.0. The SMILES string of the molecule is CCOC1C=CC(CCCCC(=O)OC)(OCC)O1. The predicted octanol–water partition coefficient (Wildman–Crippen LogP) is 2.40. The van der Waals surface area contributed by atoms with Crippen LogP contribution in [0, 0.1) is 0 Å². The van der Waals surface area contributed by atoms with Crippen LogP contribution in [0.15, 0.2) is 12.2 Å². The fourth-order valence-electron chi connectivity index (χ4n) is 2.04. The summed E-state index contributed by atoms with van der Waals surface area (Å²) < 4.78 is 21.5. The molecule has 0 N–H and O–H groups in total. The van der Waals surface area contributed by atoms with Gasteiger partial charge < -0.3 is 18.9 Å². The second-order valence-corrected chi connectivity index (χ2v) is 4.33. The van der Waals surface area contributed by atoms with Crippen molar-refractivity contribution in [2.75, 3.05) is 20.3 Å². The van der Waals surface area contributed by atoms with E-state index < -0.39 is 5.79 Å². The van der Waals surface area contributed by atoms with Crippen molar-refractivity contribution in [3.63, 3.8) is 0 Å². The molecule has 0 saturated carbocycles. The molecule has 1 aliphatic heterocycles. The Balaban J connectivity index is 2.37. The molecular formula is C14H24O5. The summed E-state index contributed by atoms with van der Waals surface area (Å²) in [6.07, 6.45) is 6.18. The molecule has 0 bridgehead atoms. The van der Waals surface area contributed by atoms with Crippen LogP contribution in [0.1, 0.15) is 39.5 Å². The third-order valence-electron chi connectivity index (χ3n) is 2.93. The van der Waals surface area contributed by atoms with E-state index in [0.29, 0.717) is 26.1 Å². The molecule has 1 heterocycles. The van der Waals surface area contributed by atoms with Crippen LogP contribution < -0.4 is 0 Å². The normalized spacial score (nSPS) is 25.7. The molecule has 0 radical (unpaired) electrons. The number of unbranched alkanes of at least 4 members (excludes halogenated alkanes) is 1. The average molecular weight is 272 g/mol. The smallest absolute Gasteiger partial charge is 0.305 e. The Labute approximate surface area is 114 Å². The number of carbonyl (C=O) groups excluding carboxylic acids is 1. The van der Waals surface area contributed by atoms with E-state index in [0.717, 1.165) is 12.8 Å². The summed E-state index contributed by atoms with van der Waals surface area (Å²) in [5.41, 5.74) is 0. The second kappa shape index (κ2) is 8.30. The van der Waals surface area contributed by atoms with Gasteiger partial charge in [-0.2, -0.15) is 0 Å². The Hall–Kier alpha value is -0.910. The van der Waals surface area contributed by atoms with Gasteiger partial charge in [0.25, 0.3) is 0 Å². The minimum atomic E-state index is -0.704. The van der Waals surface area contributed by atoms with Gasteiger partial charge in [0.1, 0.15) is 0 Å². The van der Waals surface area contributed by atoms with Crippen molar-refractivity contribution in [1.29, 1.82) is 0 Å². The van der Waals surface area contributed by atoms with Gasteiger partial charge in [-0.05, 0) is 38.8 Å². The number of carbonyl (C=O) groups is 1. The molecule has 2 atom stereocenters. The molecule has 0 amide bonds. The van der Waals surface area contributed by atoms with E-state index in [1.807, 2.05) is 26.0 Å². The molecule has 19 heavy (non-hydrogen) atoms. The van der Waals surface area contributed by atoms with Gasteiger partial charge in [0.15, 0.2) is 12.1 Å². The second-order valence-electron chi connectivity index (χ2n) is 4.33.